The molecule has 0 aromatic heterocycles. The number of primary amides is 1. The Hall–Kier alpha value is -2.66. The van der Waals surface area contributed by atoms with Crippen molar-refractivity contribution < 1.29 is 14.3 Å². The van der Waals surface area contributed by atoms with E-state index in [4.69, 9.17) is 10.5 Å². The maximum absolute atomic E-state index is 12.7. The molecule has 31 heavy (non-hydrogen) atoms. The lowest BCUT2D eigenvalue weighted by molar-refractivity contribution is -0.149. The molecule has 1 fully saturated rings. The van der Waals surface area contributed by atoms with E-state index < -0.39 is 5.91 Å². The Morgan fingerprint density at radius 3 is 2.58 bits per heavy atom. The lowest BCUT2D eigenvalue weighted by atomic mass is 9.67. The monoisotopic (exact) mass is 422 g/mol. The number of benzene rings is 2. The fourth-order valence-corrected chi connectivity index (χ4v) is 4.63. The van der Waals surface area contributed by atoms with Gasteiger partial charge in [-0.25, -0.2) is 0 Å². The molecule has 0 saturated carbocycles. The van der Waals surface area contributed by atoms with Gasteiger partial charge in [-0.15, -0.1) is 0 Å². The Labute approximate surface area is 185 Å². The lowest BCUT2D eigenvalue weighted by Crippen LogP contribution is -2.49. The van der Waals surface area contributed by atoms with Crippen molar-refractivity contribution in [3.05, 3.63) is 71.3 Å². The number of piperidine rings is 1. The second kappa shape index (κ2) is 10.1. The third kappa shape index (κ3) is 5.53. The molecule has 1 amide bonds. The summed E-state index contributed by atoms with van der Waals surface area (Å²) in [6.45, 7) is 9.24. The minimum Gasteiger partial charge on any atom is -0.466 e. The van der Waals surface area contributed by atoms with E-state index in [1.54, 1.807) is 6.07 Å². The van der Waals surface area contributed by atoms with Crippen LogP contribution in [0.15, 0.2) is 54.6 Å². The van der Waals surface area contributed by atoms with Gasteiger partial charge in [-0.05, 0) is 60.9 Å². The Morgan fingerprint density at radius 2 is 1.94 bits per heavy atom. The molecule has 2 aromatic carbocycles. The van der Waals surface area contributed by atoms with Crippen molar-refractivity contribution in [1.29, 1.82) is 0 Å². The van der Waals surface area contributed by atoms with Gasteiger partial charge in [0.1, 0.15) is 0 Å². The molecule has 1 aliphatic rings. The van der Waals surface area contributed by atoms with Gasteiger partial charge in [-0.3, -0.25) is 9.59 Å². The van der Waals surface area contributed by atoms with E-state index in [9.17, 15) is 9.59 Å². The lowest BCUT2D eigenvalue weighted by Gasteiger charge is -2.45. The zero-order valence-corrected chi connectivity index (χ0v) is 18.8. The van der Waals surface area contributed by atoms with Gasteiger partial charge in [-0.1, -0.05) is 56.3 Å². The summed E-state index contributed by atoms with van der Waals surface area (Å²) in [5, 5.41) is 0. The van der Waals surface area contributed by atoms with Gasteiger partial charge in [0.15, 0.2) is 0 Å². The molecule has 166 valence electrons. The molecule has 3 atom stereocenters. The molecule has 5 nitrogen and oxygen atoms in total. The number of rotatable bonds is 8. The molecular formula is C26H34N2O3. The smallest absolute Gasteiger partial charge is 0.310 e. The van der Waals surface area contributed by atoms with Gasteiger partial charge < -0.3 is 15.4 Å². The zero-order chi connectivity index (χ0) is 22.4. The number of carbonyl (C=O) groups is 2. The second-order valence-electron chi connectivity index (χ2n) is 8.91. The van der Waals surface area contributed by atoms with Crippen molar-refractivity contribution >= 4 is 11.9 Å². The van der Waals surface area contributed by atoms with Crippen LogP contribution in [-0.4, -0.2) is 43.0 Å². The van der Waals surface area contributed by atoms with Gasteiger partial charge in [0.2, 0.25) is 5.91 Å². The third-order valence-corrected chi connectivity index (χ3v) is 6.80. The molecule has 2 N–H and O–H groups in total. The number of hydrogen-bond donors (Lipinski definition) is 1. The van der Waals surface area contributed by atoms with Crippen LogP contribution in [0.25, 0.3) is 0 Å². The number of ether oxygens (including phenoxy) is 1. The predicted octanol–water partition coefficient (Wildman–Crippen LogP) is 3.81. The number of nitrogens with zero attached hydrogens (tertiary/aromatic N) is 1. The van der Waals surface area contributed by atoms with E-state index in [2.05, 4.69) is 36.9 Å². The first-order valence-corrected chi connectivity index (χ1v) is 11.2. The van der Waals surface area contributed by atoms with Crippen LogP contribution in [0.4, 0.5) is 0 Å². The molecule has 3 rings (SSSR count). The summed E-state index contributed by atoms with van der Waals surface area (Å²) in [6, 6.07) is 17.8. The molecule has 1 saturated heterocycles. The average Bonchev–Trinajstić information content (AvgIpc) is 2.77. The van der Waals surface area contributed by atoms with E-state index in [0.717, 1.165) is 30.6 Å². The fourth-order valence-electron chi connectivity index (χ4n) is 4.63. The Balaban J connectivity index is 1.71. The number of hydrogen-bond acceptors (Lipinski definition) is 4. The maximum atomic E-state index is 12.7. The molecule has 2 aromatic rings. The SMILES string of the molecule is CCOC(=O)[C@@H](Cc1ccccc1)CN1CC[C@@](C)(c2cccc(C(N)=O)c2)[C@@H](C)C1. The van der Waals surface area contributed by atoms with Crippen LogP contribution >= 0.6 is 0 Å². The number of nitrogens with two attached hydrogens (primary N) is 1. The molecular weight excluding hydrogens is 388 g/mol. The molecule has 1 aliphatic heterocycles. The molecule has 5 heteroatoms. The first-order chi connectivity index (χ1) is 14.8. The first-order valence-electron chi connectivity index (χ1n) is 11.2. The van der Waals surface area contributed by atoms with Crippen molar-refractivity contribution in [1.82, 2.24) is 4.90 Å². The maximum Gasteiger partial charge on any atom is 0.310 e. The van der Waals surface area contributed by atoms with Crippen molar-refractivity contribution in [3.63, 3.8) is 0 Å². The number of amides is 1. The quantitative estimate of drug-likeness (QED) is 0.657. The van der Waals surface area contributed by atoms with Gasteiger partial charge >= 0.3 is 5.97 Å². The topological polar surface area (TPSA) is 72.6 Å². The largest absolute Gasteiger partial charge is 0.466 e. The number of likely N-dealkylation sites (tertiary alicyclic amines) is 1. The summed E-state index contributed by atoms with van der Waals surface area (Å²) in [4.78, 5) is 26.7. The standard InChI is InChI=1S/C26H34N2O3/c1-4-31-25(30)22(15-20-9-6-5-7-10-20)18-28-14-13-26(3,19(2)17-28)23-12-8-11-21(16-23)24(27)29/h5-12,16,19,22H,4,13-15,17-18H2,1-3H3,(H2,27,29)/t19-,22-,26+/m0/s1. The Morgan fingerprint density at radius 1 is 1.19 bits per heavy atom. The third-order valence-electron chi connectivity index (χ3n) is 6.80. The van der Waals surface area contributed by atoms with Gasteiger partial charge in [-0.2, -0.15) is 0 Å². The number of esters is 1. The van der Waals surface area contributed by atoms with E-state index in [1.807, 2.05) is 37.3 Å². The van der Waals surface area contributed by atoms with Crippen LogP contribution in [0.5, 0.6) is 0 Å². The van der Waals surface area contributed by atoms with Crippen LogP contribution in [-0.2, 0) is 21.4 Å². The molecule has 0 bridgehead atoms. The average molecular weight is 423 g/mol. The van der Waals surface area contributed by atoms with Crippen LogP contribution in [0.2, 0.25) is 0 Å². The highest BCUT2D eigenvalue weighted by Crippen LogP contribution is 2.39. The molecule has 0 radical (unpaired) electrons. The number of carbonyl (C=O) groups excluding carboxylic acids is 2. The minimum atomic E-state index is -0.395. The van der Waals surface area contributed by atoms with E-state index in [1.165, 1.54) is 0 Å². The summed E-state index contributed by atoms with van der Waals surface area (Å²) >= 11 is 0. The normalized spacial score (nSPS) is 22.6. The van der Waals surface area contributed by atoms with Crippen molar-refractivity contribution in [3.8, 4) is 0 Å². The summed E-state index contributed by atoms with van der Waals surface area (Å²) in [7, 11) is 0. The van der Waals surface area contributed by atoms with Crippen LogP contribution in [0.3, 0.4) is 0 Å². The van der Waals surface area contributed by atoms with Crippen molar-refractivity contribution in [2.45, 2.75) is 39.0 Å². The zero-order valence-electron chi connectivity index (χ0n) is 18.8. The van der Waals surface area contributed by atoms with Crippen LogP contribution < -0.4 is 5.73 Å². The highest BCUT2D eigenvalue weighted by atomic mass is 16.5. The first kappa shape index (κ1) is 23.0. The minimum absolute atomic E-state index is 0.0409. The summed E-state index contributed by atoms with van der Waals surface area (Å²) in [5.41, 5.74) is 8.31. The highest BCUT2D eigenvalue weighted by Gasteiger charge is 2.39. The van der Waals surface area contributed by atoms with Crippen LogP contribution in [0.1, 0.15) is 48.7 Å². The van der Waals surface area contributed by atoms with E-state index in [0.29, 0.717) is 31.1 Å². The second-order valence-corrected chi connectivity index (χ2v) is 8.91. The predicted molar refractivity (Wildman–Crippen MR) is 123 cm³/mol. The summed E-state index contributed by atoms with van der Waals surface area (Å²) in [6.07, 6.45) is 1.64. The van der Waals surface area contributed by atoms with Crippen molar-refractivity contribution in [2.75, 3.05) is 26.2 Å². The van der Waals surface area contributed by atoms with Crippen LogP contribution in [0, 0.1) is 11.8 Å². The van der Waals surface area contributed by atoms with Crippen molar-refractivity contribution in [2.24, 2.45) is 17.6 Å². The fraction of sp³-hybridized carbons (Fsp3) is 0.462. The van der Waals surface area contributed by atoms with Gasteiger partial charge in [0.05, 0.1) is 12.5 Å². The molecule has 0 aliphatic carbocycles. The summed E-state index contributed by atoms with van der Waals surface area (Å²) in [5.74, 6) is -0.337. The van der Waals surface area contributed by atoms with Gasteiger partial charge in [0.25, 0.3) is 0 Å². The van der Waals surface area contributed by atoms with Gasteiger partial charge in [0, 0.05) is 18.7 Å². The van der Waals surface area contributed by atoms with E-state index >= 15 is 0 Å². The Bertz CT molecular complexity index is 899. The molecule has 1 heterocycles. The summed E-state index contributed by atoms with van der Waals surface area (Å²) < 4.78 is 5.38. The Kier molecular flexibility index (Phi) is 7.50. The highest BCUT2D eigenvalue weighted by molar-refractivity contribution is 5.93. The van der Waals surface area contributed by atoms with E-state index in [-0.39, 0.29) is 17.3 Å². The molecule has 0 spiro atoms. The molecule has 0 unspecified atom stereocenters.